The molecule has 4 unspecified atom stereocenters. The third-order valence-electron chi connectivity index (χ3n) is 22.1. The highest BCUT2D eigenvalue weighted by molar-refractivity contribution is 5.94. The van der Waals surface area contributed by atoms with E-state index in [0.29, 0.717) is 98.5 Å². The normalized spacial score (nSPS) is 14.8. The Hall–Kier alpha value is -10.5. The Labute approximate surface area is 828 Å². The highest BCUT2D eigenvalue weighted by Gasteiger charge is 2.44. The lowest BCUT2D eigenvalue weighted by Crippen LogP contribution is -2.59. The number of alkyl carbamates (subject to hydrolysis) is 1. The molecule has 0 spiro atoms. The van der Waals surface area contributed by atoms with Gasteiger partial charge < -0.3 is 146 Å². The topological polar surface area (TPSA) is 597 Å². The quantitative estimate of drug-likeness (QED) is 0.0252. The SMILES string of the molecule is CC[C@H](C)[C@@H]([C@@H](CC(=O)N1CCC[C@H]1[C@H](OC)[C@@H](C)C(=O)N[C@@H](Cc1ccccc1)C(=O)NCCCOC(=O)C(C)NC(=O)CCC(NC(=O)CCNC(=O)OCC(NC(=O)CNC(=O)CNC(=O)CNC(=O)CNC(=O)CCNC(=O)CCOCC(C)(C)C)C(=O)NCCOCCOCCOCCOCCOCCOCCOCCOC)C(=O)O)OC)N(C)C(=O)C(NC(=O)[C@H](C(C)C)N(C)C)C(C)C. The first-order chi connectivity index (χ1) is 67.1. The average Bonchev–Trinajstić information content (AvgIpc) is 1.37. The van der Waals surface area contributed by atoms with Crippen molar-refractivity contribution in [3.8, 4) is 0 Å². The van der Waals surface area contributed by atoms with Crippen molar-refractivity contribution in [3.05, 3.63) is 35.9 Å². The predicted molar refractivity (Wildman–Crippen MR) is 513 cm³/mol. The highest BCUT2D eigenvalue weighted by atomic mass is 16.6. The predicted octanol–water partition coefficient (Wildman–Crippen LogP) is -1.83. The molecule has 1 aliphatic rings. The van der Waals surface area contributed by atoms with Crippen LogP contribution in [0.5, 0.6) is 0 Å². The number of benzene rings is 1. The Balaban J connectivity index is 1.96. The van der Waals surface area contributed by atoms with E-state index in [2.05, 4.69) is 69.1 Å². The number of likely N-dealkylation sites (tertiary alicyclic amines) is 1. The van der Waals surface area contributed by atoms with E-state index >= 15 is 0 Å². The molecule has 141 heavy (non-hydrogen) atoms. The van der Waals surface area contributed by atoms with Crippen molar-refractivity contribution in [1.29, 1.82) is 0 Å². The minimum Gasteiger partial charge on any atom is -0.480 e. The number of aliphatic carboxylic acids is 1. The van der Waals surface area contributed by atoms with Crippen molar-refractivity contribution in [2.75, 3.05) is 227 Å². The lowest BCUT2D eigenvalue weighted by atomic mass is 9.89. The summed E-state index contributed by atoms with van der Waals surface area (Å²) in [6.45, 7) is 22.4. The Kier molecular flexibility index (Phi) is 66.1. The first-order valence-electron chi connectivity index (χ1n) is 48.2. The van der Waals surface area contributed by atoms with Crippen molar-refractivity contribution in [1.82, 2.24) is 83.8 Å². The summed E-state index contributed by atoms with van der Waals surface area (Å²) in [6, 6.07) is 0.926. The summed E-state index contributed by atoms with van der Waals surface area (Å²) < 4.78 is 71.3. The number of methoxy groups -OCH3 is 3. The molecule has 0 radical (unpaired) electrons. The van der Waals surface area contributed by atoms with Gasteiger partial charge in [-0.15, -0.1) is 0 Å². The number of carbonyl (C=O) groups excluding carboxylic acids is 16. The number of nitrogens with zero attached hydrogens (tertiary/aromatic N) is 3. The van der Waals surface area contributed by atoms with Gasteiger partial charge in [-0.05, 0) is 75.4 Å². The van der Waals surface area contributed by atoms with Crippen LogP contribution in [-0.4, -0.2) is 408 Å². The zero-order valence-corrected chi connectivity index (χ0v) is 85.6. The van der Waals surface area contributed by atoms with Crippen LogP contribution in [-0.2, 0) is 145 Å². The van der Waals surface area contributed by atoms with Gasteiger partial charge in [0, 0.05) is 93.2 Å². The van der Waals surface area contributed by atoms with Crippen molar-refractivity contribution >= 4 is 101 Å². The molecule has 15 amide bonds. The molecule has 1 aromatic rings. The second-order valence-corrected chi connectivity index (χ2v) is 35.9. The molecule has 1 fully saturated rings. The van der Waals surface area contributed by atoms with Crippen molar-refractivity contribution in [3.63, 3.8) is 0 Å². The fraction of sp³-hybridized carbons (Fsp3) is 0.755. The summed E-state index contributed by atoms with van der Waals surface area (Å²) in [6.07, 6.45) is -2.46. The molecule has 1 heterocycles. The van der Waals surface area contributed by atoms with Gasteiger partial charge in [0.1, 0.15) is 36.8 Å². The third-order valence-corrected chi connectivity index (χ3v) is 22.1. The minimum atomic E-state index is -1.63. The van der Waals surface area contributed by atoms with Gasteiger partial charge in [-0.3, -0.25) is 72.0 Å². The molecule has 0 bridgehead atoms. The van der Waals surface area contributed by atoms with Crippen LogP contribution in [0.4, 0.5) is 4.79 Å². The zero-order valence-electron chi connectivity index (χ0n) is 85.6. The lowest BCUT2D eigenvalue weighted by Gasteiger charge is -2.41. The number of nitrogens with one attached hydrogen (secondary N) is 13. The monoisotopic (exact) mass is 2010 g/mol. The number of amides is 15. The standard InChI is InChI=1S/C94H162N16O31/c1-18-64(6)84(109(14)90(124)82(62(2)3)107-89(123)83(63(4)5)108(12)13)72(130-16)55-81(119)110-36-22-26-71(110)85(131-17)65(7)86(120)106-69(54-67-24-20-19-21-25-67)87(121)96-32-23-37-140-92(127)66(8)103-75(113)28-27-68(91(125)126)104-76(114)30-34-98-93(128)141-60-70(88(122)97-35-39-132-42-43-134-46-47-136-50-51-138-53-52-137-49-48-135-45-44-133-41-40-129-15)105-80(118)59-102-79(117)58-101-78(116)57-100-77(115)56-99-73(111)29-33-95-74(112)31-38-139-61-94(9,10)11/h19-21,24-25,62-66,68-72,82-85H,18,22-23,26-61H2,1-17H3,(H,95,112)(H,96,121)(H,97,122)(H,98,128)(H,99,111)(H,100,115)(H,101,116)(H,102,117)(H,103,113)(H,104,114)(H,105,118)(H,106,120)(H,107,123)(H,125,126)/t64-,65+,66?,68?,69-,70?,71-,72+,82?,83-,84-,85+/m0/s1. The van der Waals surface area contributed by atoms with Gasteiger partial charge in [0.15, 0.2) is 0 Å². The number of likely N-dealkylation sites (N-methyl/N-ethyl adjacent to an activating group) is 2. The number of carbonyl (C=O) groups is 17. The molecule has 1 aliphatic heterocycles. The maximum absolute atomic E-state index is 14.6. The molecular formula is C94H162N16O31. The molecule has 1 aromatic carbocycles. The van der Waals surface area contributed by atoms with Crippen LogP contribution in [0, 0.1) is 29.1 Å². The minimum absolute atomic E-state index is 0.00754. The highest BCUT2D eigenvalue weighted by Crippen LogP contribution is 2.30. The van der Waals surface area contributed by atoms with E-state index in [4.69, 9.17) is 61.6 Å². The zero-order chi connectivity index (χ0) is 105. The molecule has 2 rings (SSSR count). The van der Waals surface area contributed by atoms with Crippen molar-refractivity contribution < 1.29 is 148 Å². The van der Waals surface area contributed by atoms with Crippen LogP contribution >= 0.6 is 0 Å². The van der Waals surface area contributed by atoms with Crippen LogP contribution < -0.4 is 69.1 Å². The number of hydrogen-bond donors (Lipinski definition) is 14. The van der Waals surface area contributed by atoms with E-state index in [0.717, 1.165) is 5.56 Å². The van der Waals surface area contributed by atoms with Crippen molar-refractivity contribution in [2.24, 2.45) is 29.1 Å². The van der Waals surface area contributed by atoms with Gasteiger partial charge in [0.05, 0.1) is 188 Å². The Morgan fingerprint density at radius 3 is 1.50 bits per heavy atom. The summed E-state index contributed by atoms with van der Waals surface area (Å²) in [5.74, 6) is -12.5. The number of rotatable bonds is 78. The molecule has 0 saturated carbocycles. The van der Waals surface area contributed by atoms with E-state index in [9.17, 15) is 86.6 Å². The van der Waals surface area contributed by atoms with Crippen LogP contribution in [0.1, 0.15) is 146 Å². The van der Waals surface area contributed by atoms with Crippen LogP contribution in [0.3, 0.4) is 0 Å². The summed E-state index contributed by atoms with van der Waals surface area (Å²) in [5.41, 5.74) is 0.666. The van der Waals surface area contributed by atoms with Crippen molar-refractivity contribution in [2.45, 2.75) is 207 Å². The average molecular weight is 2010 g/mol. The first-order valence-corrected chi connectivity index (χ1v) is 48.2. The fourth-order valence-corrected chi connectivity index (χ4v) is 14.4. The second kappa shape index (κ2) is 73.6. The molecule has 12 atom stereocenters. The molecule has 47 heteroatoms. The number of ether oxygens (including phenoxy) is 13. The van der Waals surface area contributed by atoms with Gasteiger partial charge >= 0.3 is 18.0 Å². The first kappa shape index (κ1) is 127. The number of carboxylic acid groups (broad SMARTS) is 1. The van der Waals surface area contributed by atoms with Crippen LogP contribution in [0.2, 0.25) is 0 Å². The molecule has 14 N–H and O–H groups in total. The van der Waals surface area contributed by atoms with Gasteiger partial charge in [0.2, 0.25) is 82.7 Å². The Morgan fingerprint density at radius 2 is 0.979 bits per heavy atom. The van der Waals surface area contributed by atoms with Gasteiger partial charge in [-0.25, -0.2) is 14.4 Å². The van der Waals surface area contributed by atoms with Gasteiger partial charge in [0.25, 0.3) is 0 Å². The largest absolute Gasteiger partial charge is 0.480 e. The molecule has 1 saturated heterocycles. The van der Waals surface area contributed by atoms with E-state index in [-0.39, 0.29) is 145 Å². The number of carboxylic acids is 1. The fourth-order valence-electron chi connectivity index (χ4n) is 14.4. The third kappa shape index (κ3) is 56.2. The van der Waals surface area contributed by atoms with E-state index in [1.165, 1.54) is 21.1 Å². The molecule has 0 aromatic heterocycles. The summed E-state index contributed by atoms with van der Waals surface area (Å²) >= 11 is 0. The maximum atomic E-state index is 14.6. The smallest absolute Gasteiger partial charge is 0.407 e. The molecular weight excluding hydrogens is 1850 g/mol. The summed E-state index contributed by atoms with van der Waals surface area (Å²) in [5, 5.41) is 42.2. The van der Waals surface area contributed by atoms with E-state index in [1.54, 1.807) is 61.2 Å². The van der Waals surface area contributed by atoms with Gasteiger partial charge in [-0.2, -0.15) is 0 Å². The number of esters is 1. The number of hydrogen-bond acceptors (Lipinski definition) is 31. The molecule has 0 aliphatic carbocycles. The Bertz CT molecular complexity index is 3900. The summed E-state index contributed by atoms with van der Waals surface area (Å²) in [4.78, 5) is 229. The molecule has 804 valence electrons. The second-order valence-electron chi connectivity index (χ2n) is 35.9. The van der Waals surface area contributed by atoms with Crippen LogP contribution in [0.15, 0.2) is 30.3 Å². The van der Waals surface area contributed by atoms with Crippen LogP contribution in [0.25, 0.3) is 0 Å². The van der Waals surface area contributed by atoms with E-state index < -0.39 is 202 Å². The Morgan fingerprint density at radius 1 is 0.475 bits per heavy atom. The van der Waals surface area contributed by atoms with E-state index in [1.807, 2.05) is 81.3 Å². The summed E-state index contributed by atoms with van der Waals surface area (Å²) in [7, 11) is 9.86. The van der Waals surface area contributed by atoms with Gasteiger partial charge in [-0.1, -0.05) is 106 Å². The lowest BCUT2D eigenvalue weighted by molar-refractivity contribution is -0.148. The maximum Gasteiger partial charge on any atom is 0.407 e. The molecule has 47 nitrogen and oxygen atoms in total.